The van der Waals surface area contributed by atoms with Crippen molar-refractivity contribution in [3.63, 3.8) is 0 Å². The molecule has 362 valence electrons. The summed E-state index contributed by atoms with van der Waals surface area (Å²) in [4.78, 5) is 39.1. The average molecular weight is 987 g/mol. The molecule has 2 aromatic carbocycles. The summed E-state index contributed by atoms with van der Waals surface area (Å²) in [7, 11) is -4.65. The summed E-state index contributed by atoms with van der Waals surface area (Å²) >= 11 is 0. The second-order valence-corrected chi connectivity index (χ2v) is 20.0. The van der Waals surface area contributed by atoms with E-state index in [0.29, 0.717) is 45.0 Å². The largest absolute Gasteiger partial charge is 1.00 e. The second-order valence-electron chi connectivity index (χ2n) is 16.0. The molecule has 67 heavy (non-hydrogen) atoms. The Morgan fingerprint density at radius 2 is 0.910 bits per heavy atom. The summed E-state index contributed by atoms with van der Waals surface area (Å²) in [6.45, 7) is 7.41. The monoisotopic (exact) mass is 986 g/mol. The van der Waals surface area contributed by atoms with E-state index in [-0.39, 0.29) is 67.6 Å². The summed E-state index contributed by atoms with van der Waals surface area (Å²) in [5.74, 6) is -3.74. The fourth-order valence-corrected chi connectivity index (χ4v) is 6.85. The van der Waals surface area contributed by atoms with E-state index in [0.717, 1.165) is 21.1 Å². The Hall–Kier alpha value is -4.78. The van der Waals surface area contributed by atoms with Crippen molar-refractivity contribution in [2.24, 2.45) is 0 Å². The maximum atomic E-state index is 13.5. The van der Waals surface area contributed by atoms with Crippen molar-refractivity contribution in [3.8, 4) is 22.5 Å². The van der Waals surface area contributed by atoms with Crippen LogP contribution in [0.2, 0.25) is 0 Å². The molecule has 0 amide bonds. The van der Waals surface area contributed by atoms with Crippen LogP contribution >= 0.6 is 0 Å². The van der Waals surface area contributed by atoms with Gasteiger partial charge in [0.25, 0.3) is 0 Å². The molecule has 0 saturated carbocycles. The number of nitrogens with zero attached hydrogens (tertiary/aromatic N) is 6. The van der Waals surface area contributed by atoms with Gasteiger partial charge in [0.05, 0.1) is 72.5 Å². The molecule has 4 rings (SSSR count). The molecule has 0 saturated heterocycles. The quantitative estimate of drug-likeness (QED) is 0.0690. The predicted octanol–water partition coefficient (Wildman–Crippen LogP) is 1.92. The van der Waals surface area contributed by atoms with Crippen molar-refractivity contribution >= 4 is 56.0 Å². The molecule has 0 aliphatic rings. The van der Waals surface area contributed by atoms with Crippen LogP contribution in [0, 0.1) is 11.6 Å². The fourth-order valence-electron chi connectivity index (χ4n) is 6.09. The van der Waals surface area contributed by atoms with Gasteiger partial charge in [-0.2, -0.15) is 0 Å². The van der Waals surface area contributed by atoms with E-state index in [2.05, 4.69) is 19.9 Å². The topological polar surface area (TPSA) is 282 Å². The molecule has 6 N–H and O–H groups in total. The number of aliphatic hydroxyl groups is 4. The van der Waals surface area contributed by atoms with Crippen LogP contribution in [0.4, 0.5) is 20.7 Å². The number of carboxylic acid groups (broad SMARTS) is 2. The SMILES string of the molecule is CC(C)c1nc(N(C)S(C)(=O)=O)nc(-c2ccc(F)cc2)c1/C=C/[C@@H](O)C[C@@H](O)CC(=O)O.CC(C)c1nc(N(C)S(C)(=O)=O)nc(-c2ccc(F)cc2)c1/C=C/[C@@H](O)C[C@@H](O)CC(=O)O.[H-].[Na+]. The Morgan fingerprint density at radius 3 is 1.16 bits per heavy atom. The summed E-state index contributed by atoms with van der Waals surface area (Å²) in [6.07, 6.45) is 1.72. The number of anilines is 2. The van der Waals surface area contributed by atoms with E-state index >= 15 is 0 Å². The van der Waals surface area contributed by atoms with Crippen molar-refractivity contribution in [2.75, 3.05) is 35.2 Å². The van der Waals surface area contributed by atoms with Crippen molar-refractivity contribution in [2.45, 2.75) is 89.6 Å². The van der Waals surface area contributed by atoms with E-state index in [1.807, 2.05) is 27.7 Å². The standard InChI is InChI=1S/2C22H28FN3O6S.Na.H/c2*1-13(2)20-18(10-9-16(27)11-17(28)12-19(29)30)21(14-5-7-15(23)8-6-14)25-22(24-20)26(3)33(4,31)32;;/h2*5-10,13,16-17,27-28H,11-12H2,1-4H3,(H,29,30);;/q;;+1;-1/b2*10-9+;;/t2*16-,17-;;/m11../s1. The van der Waals surface area contributed by atoms with E-state index in [1.54, 1.807) is 0 Å². The maximum Gasteiger partial charge on any atom is 1.00 e. The van der Waals surface area contributed by atoms with Crippen molar-refractivity contribution < 1.29 is 96.8 Å². The first-order valence-corrected chi connectivity index (χ1v) is 24.0. The number of aliphatic hydroxyl groups excluding tert-OH is 4. The summed E-state index contributed by atoms with van der Waals surface area (Å²) < 4.78 is 77.2. The van der Waals surface area contributed by atoms with E-state index in [1.165, 1.54) is 86.9 Å². The number of hydrogen-bond donors (Lipinski definition) is 6. The van der Waals surface area contributed by atoms with Gasteiger partial charge in [0.2, 0.25) is 31.9 Å². The van der Waals surface area contributed by atoms with Crippen LogP contribution in [0.15, 0.2) is 60.7 Å². The minimum Gasteiger partial charge on any atom is -1.00 e. The number of benzene rings is 2. The summed E-state index contributed by atoms with van der Waals surface area (Å²) in [6, 6.07) is 11.0. The van der Waals surface area contributed by atoms with Crippen LogP contribution < -0.4 is 38.2 Å². The Labute approximate surface area is 412 Å². The molecule has 0 spiro atoms. The third-order valence-electron chi connectivity index (χ3n) is 9.63. The van der Waals surface area contributed by atoms with Crippen molar-refractivity contribution in [3.05, 3.63) is 94.8 Å². The first-order valence-electron chi connectivity index (χ1n) is 20.3. The molecule has 2 aromatic heterocycles. The molecule has 0 bridgehead atoms. The van der Waals surface area contributed by atoms with Gasteiger partial charge in [-0.15, -0.1) is 0 Å². The van der Waals surface area contributed by atoms with Crippen LogP contribution in [-0.4, -0.2) is 130 Å². The molecular weight excluding hydrogens is 930 g/mol. The van der Waals surface area contributed by atoms with Crippen LogP contribution in [0.5, 0.6) is 0 Å². The van der Waals surface area contributed by atoms with Gasteiger partial charge in [0, 0.05) is 49.2 Å². The van der Waals surface area contributed by atoms with Gasteiger partial charge in [-0.1, -0.05) is 52.0 Å². The number of sulfonamides is 2. The Balaban J connectivity index is 0.000000661. The number of aromatic nitrogens is 4. The number of hydrogen-bond acceptors (Lipinski definition) is 14. The van der Waals surface area contributed by atoms with Gasteiger partial charge in [0.1, 0.15) is 11.6 Å². The van der Waals surface area contributed by atoms with Gasteiger partial charge < -0.3 is 32.1 Å². The first-order chi connectivity index (χ1) is 30.6. The van der Waals surface area contributed by atoms with Gasteiger partial charge in [0.15, 0.2) is 0 Å². The minimum atomic E-state index is -3.65. The van der Waals surface area contributed by atoms with Gasteiger partial charge in [-0.05, 0) is 60.4 Å². The first kappa shape index (κ1) is 58.3. The van der Waals surface area contributed by atoms with Crippen LogP contribution in [0.1, 0.15) is 89.2 Å². The zero-order chi connectivity index (χ0) is 49.8. The molecule has 4 aromatic rings. The number of aliphatic carboxylic acids is 2. The zero-order valence-corrected chi connectivity index (χ0v) is 42.2. The van der Waals surface area contributed by atoms with Crippen molar-refractivity contribution in [1.29, 1.82) is 0 Å². The molecule has 0 fully saturated rings. The Kier molecular flexibility index (Phi) is 22.2. The number of rotatable bonds is 20. The molecule has 18 nitrogen and oxygen atoms in total. The molecule has 2 heterocycles. The Morgan fingerprint density at radius 1 is 0.612 bits per heavy atom. The third-order valence-corrected chi connectivity index (χ3v) is 11.9. The predicted molar refractivity (Wildman–Crippen MR) is 246 cm³/mol. The fraction of sp³-hybridized carbons (Fsp3) is 0.409. The summed E-state index contributed by atoms with van der Waals surface area (Å²) in [5.41, 5.74) is 3.60. The number of halogens is 2. The van der Waals surface area contributed by atoms with E-state index < -0.39 is 80.9 Å². The smallest absolute Gasteiger partial charge is 1.00 e. The van der Waals surface area contributed by atoms with Gasteiger partial charge in [-0.25, -0.2) is 54.2 Å². The van der Waals surface area contributed by atoms with Crippen molar-refractivity contribution in [1.82, 2.24) is 19.9 Å². The number of carboxylic acids is 2. The van der Waals surface area contributed by atoms with Crippen LogP contribution in [-0.2, 0) is 29.6 Å². The van der Waals surface area contributed by atoms with Crippen LogP contribution in [0.25, 0.3) is 34.7 Å². The molecule has 0 radical (unpaired) electrons. The molecule has 23 heteroatoms. The third kappa shape index (κ3) is 18.0. The molecule has 0 aliphatic heterocycles. The minimum absolute atomic E-state index is 0. The van der Waals surface area contributed by atoms with Gasteiger partial charge in [-0.3, -0.25) is 9.59 Å². The second kappa shape index (κ2) is 25.5. The number of carbonyl (C=O) groups is 2. The van der Waals surface area contributed by atoms with E-state index in [4.69, 9.17) is 10.2 Å². The maximum absolute atomic E-state index is 13.5. The normalized spacial score (nSPS) is 13.7. The van der Waals surface area contributed by atoms with Crippen LogP contribution in [0.3, 0.4) is 0 Å². The Bertz CT molecular complexity index is 2430. The molecule has 0 unspecified atom stereocenters. The summed E-state index contributed by atoms with van der Waals surface area (Å²) in [5, 5.41) is 57.6. The average Bonchev–Trinajstić information content (AvgIpc) is 3.20. The van der Waals surface area contributed by atoms with Gasteiger partial charge >= 0.3 is 41.5 Å². The van der Waals surface area contributed by atoms with E-state index in [9.17, 15) is 55.6 Å². The zero-order valence-electron chi connectivity index (χ0n) is 39.6. The molecule has 0 aliphatic carbocycles. The molecular formula is C44H57F2N6NaO12S2. The molecule has 4 atom stereocenters.